The third-order valence-corrected chi connectivity index (χ3v) is 6.18. The van der Waals surface area contributed by atoms with Crippen molar-refractivity contribution in [1.29, 1.82) is 0 Å². The van der Waals surface area contributed by atoms with E-state index in [2.05, 4.69) is 0 Å². The van der Waals surface area contributed by atoms with Crippen molar-refractivity contribution in [2.24, 2.45) is 0 Å². The van der Waals surface area contributed by atoms with Crippen molar-refractivity contribution in [3.63, 3.8) is 0 Å². The summed E-state index contributed by atoms with van der Waals surface area (Å²) in [6.07, 6.45) is 3.15. The normalized spacial score (nSPS) is 11.8. The van der Waals surface area contributed by atoms with Gasteiger partial charge in [-0.25, -0.2) is 8.42 Å². The molecule has 0 aliphatic carbocycles. The maximum absolute atomic E-state index is 12.5. The molecule has 6 heteroatoms. The van der Waals surface area contributed by atoms with Gasteiger partial charge in [0, 0.05) is 31.9 Å². The molecule has 26 heavy (non-hydrogen) atoms. The van der Waals surface area contributed by atoms with E-state index in [0.29, 0.717) is 13.1 Å². The van der Waals surface area contributed by atoms with Crippen molar-refractivity contribution in [1.82, 2.24) is 4.31 Å². The van der Waals surface area contributed by atoms with Crippen LogP contribution >= 0.6 is 0 Å². The van der Waals surface area contributed by atoms with Crippen molar-refractivity contribution in [3.05, 3.63) is 66.2 Å². The quantitative estimate of drug-likeness (QED) is 0.700. The fourth-order valence-corrected chi connectivity index (χ4v) is 3.98. The second-order valence-electron chi connectivity index (χ2n) is 5.72. The van der Waals surface area contributed by atoms with Crippen LogP contribution in [0.2, 0.25) is 0 Å². The maximum Gasteiger partial charge on any atom is 0.250 e. The summed E-state index contributed by atoms with van der Waals surface area (Å²) in [6.45, 7) is 4.49. The van der Waals surface area contributed by atoms with Gasteiger partial charge < -0.3 is 4.90 Å². The van der Waals surface area contributed by atoms with Crippen molar-refractivity contribution in [2.45, 2.75) is 18.7 Å². The van der Waals surface area contributed by atoms with Crippen LogP contribution in [0.3, 0.4) is 0 Å². The molecule has 0 radical (unpaired) electrons. The number of nitrogens with zero attached hydrogens (tertiary/aromatic N) is 2. The van der Waals surface area contributed by atoms with E-state index in [1.54, 1.807) is 42.3 Å². The van der Waals surface area contributed by atoms with Gasteiger partial charge in [0.05, 0.1) is 4.90 Å². The van der Waals surface area contributed by atoms with Crippen LogP contribution in [0.25, 0.3) is 6.08 Å². The summed E-state index contributed by atoms with van der Waals surface area (Å²) in [5.74, 6) is -0.156. The topological polar surface area (TPSA) is 57.7 Å². The molecule has 0 N–H and O–H groups in total. The van der Waals surface area contributed by atoms with Gasteiger partial charge in [-0.1, -0.05) is 44.2 Å². The molecule has 0 aliphatic rings. The Kier molecular flexibility index (Phi) is 6.71. The third kappa shape index (κ3) is 4.59. The highest BCUT2D eigenvalue weighted by molar-refractivity contribution is 7.89. The van der Waals surface area contributed by atoms with Crippen LogP contribution in [0.5, 0.6) is 0 Å². The Morgan fingerprint density at radius 3 is 2.08 bits per heavy atom. The van der Waals surface area contributed by atoms with Crippen LogP contribution < -0.4 is 4.90 Å². The highest BCUT2D eigenvalue weighted by Gasteiger charge is 2.20. The van der Waals surface area contributed by atoms with Gasteiger partial charge in [-0.15, -0.1) is 0 Å². The van der Waals surface area contributed by atoms with Gasteiger partial charge in [-0.2, -0.15) is 4.31 Å². The Labute approximate surface area is 155 Å². The molecule has 0 aliphatic heterocycles. The van der Waals surface area contributed by atoms with Gasteiger partial charge in [0.2, 0.25) is 10.0 Å². The Bertz CT molecular complexity index is 856. The van der Waals surface area contributed by atoms with E-state index < -0.39 is 10.0 Å². The molecule has 0 aromatic heterocycles. The van der Waals surface area contributed by atoms with Gasteiger partial charge >= 0.3 is 0 Å². The van der Waals surface area contributed by atoms with E-state index >= 15 is 0 Å². The second kappa shape index (κ2) is 8.78. The fourth-order valence-electron chi connectivity index (χ4n) is 2.52. The van der Waals surface area contributed by atoms with E-state index in [1.165, 1.54) is 10.4 Å². The lowest BCUT2D eigenvalue weighted by atomic mass is 10.2. The van der Waals surface area contributed by atoms with Gasteiger partial charge in [0.1, 0.15) is 0 Å². The second-order valence-corrected chi connectivity index (χ2v) is 7.66. The first-order valence-electron chi connectivity index (χ1n) is 8.51. The molecule has 2 aromatic rings. The molecule has 0 unspecified atom stereocenters. The predicted octanol–water partition coefficient (Wildman–Crippen LogP) is 3.39. The lowest BCUT2D eigenvalue weighted by Crippen LogP contribution is -2.30. The molecule has 2 aromatic carbocycles. The molecule has 1 amide bonds. The lowest BCUT2D eigenvalue weighted by Gasteiger charge is -2.18. The van der Waals surface area contributed by atoms with E-state index in [9.17, 15) is 13.2 Å². The smallest absolute Gasteiger partial charge is 0.250 e. The highest BCUT2D eigenvalue weighted by atomic mass is 32.2. The fraction of sp³-hybridized carbons (Fsp3) is 0.250. The maximum atomic E-state index is 12.5. The number of carbonyl (C=O) groups is 1. The van der Waals surface area contributed by atoms with Crippen molar-refractivity contribution >= 4 is 27.7 Å². The number of benzene rings is 2. The summed E-state index contributed by atoms with van der Waals surface area (Å²) in [7, 11) is -1.75. The summed E-state index contributed by atoms with van der Waals surface area (Å²) in [5.41, 5.74) is 1.57. The average molecular weight is 372 g/mol. The summed E-state index contributed by atoms with van der Waals surface area (Å²) in [6, 6.07) is 15.9. The summed E-state index contributed by atoms with van der Waals surface area (Å²) in [5, 5.41) is 0. The first-order chi connectivity index (χ1) is 12.4. The zero-order chi connectivity index (χ0) is 19.2. The van der Waals surface area contributed by atoms with Gasteiger partial charge in [0.15, 0.2) is 0 Å². The standard InChI is InChI=1S/C20H24N2O3S/c1-4-22(5-2)26(24,25)19-14-11-17(12-15-19)13-16-20(23)21(3)18-9-7-6-8-10-18/h6-16H,4-5H2,1-3H3/b16-13+. The van der Waals surface area contributed by atoms with Crippen molar-refractivity contribution < 1.29 is 13.2 Å². The molecule has 138 valence electrons. The minimum absolute atomic E-state index is 0.156. The third-order valence-electron chi connectivity index (χ3n) is 4.12. The van der Waals surface area contributed by atoms with Crippen LogP contribution in [-0.4, -0.2) is 38.8 Å². The number of rotatable bonds is 7. The van der Waals surface area contributed by atoms with Crippen LogP contribution in [-0.2, 0) is 14.8 Å². The largest absolute Gasteiger partial charge is 0.312 e. The molecular formula is C20H24N2O3S. The minimum Gasteiger partial charge on any atom is -0.312 e. The lowest BCUT2D eigenvalue weighted by molar-refractivity contribution is -0.113. The minimum atomic E-state index is -3.46. The molecule has 0 saturated carbocycles. The first kappa shape index (κ1) is 19.9. The van der Waals surface area contributed by atoms with Gasteiger partial charge in [0.25, 0.3) is 5.91 Å². The Morgan fingerprint density at radius 2 is 1.54 bits per heavy atom. The predicted molar refractivity (Wildman–Crippen MR) is 105 cm³/mol. The number of likely N-dealkylation sites (N-methyl/N-ethyl adjacent to an activating group) is 1. The van der Waals surface area contributed by atoms with Gasteiger partial charge in [-0.05, 0) is 35.9 Å². The van der Waals surface area contributed by atoms with Crippen LogP contribution in [0.4, 0.5) is 5.69 Å². The molecule has 0 saturated heterocycles. The zero-order valence-electron chi connectivity index (χ0n) is 15.3. The molecule has 0 bridgehead atoms. The zero-order valence-corrected chi connectivity index (χ0v) is 16.1. The van der Waals surface area contributed by atoms with E-state index in [4.69, 9.17) is 0 Å². The van der Waals surface area contributed by atoms with E-state index in [1.807, 2.05) is 44.2 Å². The molecule has 2 rings (SSSR count). The monoisotopic (exact) mass is 372 g/mol. The number of anilines is 1. The van der Waals surface area contributed by atoms with Crippen LogP contribution in [0, 0.1) is 0 Å². The molecular weight excluding hydrogens is 348 g/mol. The van der Waals surface area contributed by atoms with E-state index in [-0.39, 0.29) is 10.8 Å². The Hall–Kier alpha value is -2.44. The number of para-hydroxylation sites is 1. The van der Waals surface area contributed by atoms with Gasteiger partial charge in [-0.3, -0.25) is 4.79 Å². The highest BCUT2D eigenvalue weighted by Crippen LogP contribution is 2.17. The van der Waals surface area contributed by atoms with Crippen LogP contribution in [0.1, 0.15) is 19.4 Å². The number of hydrogen-bond acceptors (Lipinski definition) is 3. The first-order valence-corrected chi connectivity index (χ1v) is 9.95. The number of hydrogen-bond donors (Lipinski definition) is 0. The summed E-state index contributed by atoms with van der Waals surface area (Å²) >= 11 is 0. The van der Waals surface area contributed by atoms with Crippen molar-refractivity contribution in [3.8, 4) is 0 Å². The summed E-state index contributed by atoms with van der Waals surface area (Å²) < 4.78 is 26.3. The van der Waals surface area contributed by atoms with E-state index in [0.717, 1.165) is 11.3 Å². The molecule has 0 heterocycles. The summed E-state index contributed by atoms with van der Waals surface area (Å²) in [4.78, 5) is 14.1. The SMILES string of the molecule is CCN(CC)S(=O)(=O)c1ccc(/C=C/C(=O)N(C)c2ccccc2)cc1. The van der Waals surface area contributed by atoms with Crippen molar-refractivity contribution in [2.75, 3.05) is 25.0 Å². The molecule has 0 spiro atoms. The molecule has 0 fully saturated rings. The number of amides is 1. The number of carbonyl (C=O) groups excluding carboxylic acids is 1. The Balaban J connectivity index is 2.12. The average Bonchev–Trinajstić information content (AvgIpc) is 2.67. The number of sulfonamides is 1. The molecule has 5 nitrogen and oxygen atoms in total. The molecule has 0 atom stereocenters. The Morgan fingerprint density at radius 1 is 0.962 bits per heavy atom. The van der Waals surface area contributed by atoms with Crippen LogP contribution in [0.15, 0.2) is 65.6 Å².